The number of aromatic nitrogens is 3. The van der Waals surface area contributed by atoms with Gasteiger partial charge in [-0.2, -0.15) is 0 Å². The van der Waals surface area contributed by atoms with Gasteiger partial charge in [-0.3, -0.25) is 9.36 Å². The van der Waals surface area contributed by atoms with E-state index in [1.54, 1.807) is 31.4 Å². The van der Waals surface area contributed by atoms with E-state index in [1.165, 1.54) is 11.8 Å². The summed E-state index contributed by atoms with van der Waals surface area (Å²) in [6.45, 7) is 0. The largest absolute Gasteiger partial charge is 0.497 e. The number of hydrogen-bond donors (Lipinski definition) is 1. The first-order chi connectivity index (χ1) is 15.1. The molecule has 0 saturated heterocycles. The van der Waals surface area contributed by atoms with Crippen LogP contribution in [0.2, 0.25) is 5.02 Å². The number of halogens is 1. The molecule has 0 aliphatic rings. The van der Waals surface area contributed by atoms with Crippen LogP contribution < -0.4 is 10.1 Å². The van der Waals surface area contributed by atoms with E-state index < -0.39 is 0 Å². The van der Waals surface area contributed by atoms with E-state index in [0.29, 0.717) is 21.7 Å². The average Bonchev–Trinajstić information content (AvgIpc) is 3.22. The fourth-order valence-electron chi connectivity index (χ4n) is 3.02. The van der Waals surface area contributed by atoms with E-state index in [9.17, 15) is 4.79 Å². The summed E-state index contributed by atoms with van der Waals surface area (Å²) in [6.07, 6.45) is 0. The van der Waals surface area contributed by atoms with E-state index in [-0.39, 0.29) is 11.7 Å². The molecule has 1 heterocycles. The molecule has 0 aliphatic heterocycles. The Morgan fingerprint density at radius 1 is 1.03 bits per heavy atom. The second-order valence-electron chi connectivity index (χ2n) is 6.56. The first kappa shape index (κ1) is 21.0. The van der Waals surface area contributed by atoms with Crippen molar-refractivity contribution in [3.05, 3.63) is 83.9 Å². The number of para-hydroxylation sites is 1. The van der Waals surface area contributed by atoms with Crippen molar-refractivity contribution < 1.29 is 9.53 Å². The van der Waals surface area contributed by atoms with Gasteiger partial charge in [-0.25, -0.2) is 0 Å². The Morgan fingerprint density at radius 2 is 1.84 bits per heavy atom. The van der Waals surface area contributed by atoms with Crippen molar-refractivity contribution >= 4 is 35.0 Å². The van der Waals surface area contributed by atoms with Crippen LogP contribution in [0.1, 0.15) is 0 Å². The van der Waals surface area contributed by atoms with Gasteiger partial charge in [0.25, 0.3) is 0 Å². The Morgan fingerprint density at radius 3 is 2.61 bits per heavy atom. The second kappa shape index (κ2) is 9.68. The van der Waals surface area contributed by atoms with Crippen LogP contribution in [0.15, 0.2) is 84.0 Å². The highest BCUT2D eigenvalue weighted by Crippen LogP contribution is 2.29. The van der Waals surface area contributed by atoms with Gasteiger partial charge in [-0.1, -0.05) is 59.8 Å². The zero-order valence-corrected chi connectivity index (χ0v) is 18.2. The van der Waals surface area contributed by atoms with E-state index in [2.05, 4.69) is 15.5 Å². The highest BCUT2D eigenvalue weighted by Gasteiger charge is 2.17. The number of benzene rings is 3. The summed E-state index contributed by atoms with van der Waals surface area (Å²) in [7, 11) is 1.63. The second-order valence-corrected chi connectivity index (χ2v) is 7.94. The molecule has 0 atom stereocenters. The van der Waals surface area contributed by atoms with Crippen molar-refractivity contribution in [1.29, 1.82) is 0 Å². The molecular formula is C23H19ClN4O2S. The lowest BCUT2D eigenvalue weighted by Gasteiger charge is -2.11. The molecule has 31 heavy (non-hydrogen) atoms. The van der Waals surface area contributed by atoms with E-state index >= 15 is 0 Å². The number of rotatable bonds is 7. The Bertz CT molecular complexity index is 1200. The lowest BCUT2D eigenvalue weighted by Crippen LogP contribution is -2.14. The van der Waals surface area contributed by atoms with Gasteiger partial charge < -0.3 is 10.1 Å². The van der Waals surface area contributed by atoms with Gasteiger partial charge in [0.1, 0.15) is 5.75 Å². The molecule has 156 valence electrons. The molecule has 6 nitrogen and oxygen atoms in total. The molecular weight excluding hydrogens is 432 g/mol. The van der Waals surface area contributed by atoms with Crippen LogP contribution in [0.4, 0.5) is 5.69 Å². The molecule has 3 aromatic carbocycles. The molecule has 0 unspecified atom stereocenters. The SMILES string of the molecule is COc1cccc(-c2nnc(SCC(=O)Nc3cccc(Cl)c3)n2-c2ccccc2)c1. The number of anilines is 1. The minimum absolute atomic E-state index is 0.155. The van der Waals surface area contributed by atoms with Crippen molar-refractivity contribution in [2.24, 2.45) is 0 Å². The van der Waals surface area contributed by atoms with Gasteiger partial charge in [-0.05, 0) is 42.5 Å². The molecule has 1 aromatic heterocycles. The smallest absolute Gasteiger partial charge is 0.234 e. The van der Waals surface area contributed by atoms with Crippen LogP contribution in [-0.2, 0) is 4.79 Å². The standard InChI is InChI=1S/C23H19ClN4O2S/c1-30-20-12-5-7-16(13-20)22-26-27-23(28(22)19-10-3-2-4-11-19)31-15-21(29)25-18-9-6-8-17(24)14-18/h2-14H,15H2,1H3,(H,25,29). The summed E-state index contributed by atoms with van der Waals surface area (Å²) < 4.78 is 7.28. The molecule has 1 N–H and O–H groups in total. The normalized spacial score (nSPS) is 10.6. The van der Waals surface area contributed by atoms with E-state index in [0.717, 1.165) is 17.0 Å². The third-order valence-electron chi connectivity index (χ3n) is 4.42. The molecule has 4 aromatic rings. The molecule has 0 fully saturated rings. The third-order valence-corrected chi connectivity index (χ3v) is 5.58. The highest BCUT2D eigenvalue weighted by molar-refractivity contribution is 7.99. The van der Waals surface area contributed by atoms with Gasteiger partial charge in [0.05, 0.1) is 12.9 Å². The highest BCUT2D eigenvalue weighted by atomic mass is 35.5. The topological polar surface area (TPSA) is 69.0 Å². The van der Waals surface area contributed by atoms with Crippen LogP contribution in [0.25, 0.3) is 17.1 Å². The van der Waals surface area contributed by atoms with Crippen molar-refractivity contribution in [3.63, 3.8) is 0 Å². The number of amides is 1. The van der Waals surface area contributed by atoms with Crippen LogP contribution in [0.3, 0.4) is 0 Å². The van der Waals surface area contributed by atoms with Crippen molar-refractivity contribution in [3.8, 4) is 22.8 Å². The number of carbonyl (C=O) groups is 1. The van der Waals surface area contributed by atoms with E-state index in [4.69, 9.17) is 16.3 Å². The fraction of sp³-hybridized carbons (Fsp3) is 0.0870. The number of nitrogens with one attached hydrogen (secondary N) is 1. The molecule has 0 aliphatic carbocycles. The number of thioether (sulfide) groups is 1. The average molecular weight is 451 g/mol. The Hall–Kier alpha value is -3.29. The minimum Gasteiger partial charge on any atom is -0.497 e. The van der Waals surface area contributed by atoms with Crippen LogP contribution in [-0.4, -0.2) is 33.5 Å². The zero-order chi connectivity index (χ0) is 21.6. The molecule has 4 rings (SSSR count). The minimum atomic E-state index is -0.155. The number of ether oxygens (including phenoxy) is 1. The van der Waals surface area contributed by atoms with Crippen LogP contribution in [0.5, 0.6) is 5.75 Å². The third kappa shape index (κ3) is 5.07. The quantitative estimate of drug-likeness (QED) is 0.385. The predicted octanol–water partition coefficient (Wildman–Crippen LogP) is 5.33. The van der Waals surface area contributed by atoms with Gasteiger partial charge >= 0.3 is 0 Å². The van der Waals surface area contributed by atoms with Crippen LogP contribution >= 0.6 is 23.4 Å². The summed E-state index contributed by atoms with van der Waals surface area (Å²) in [6, 6.07) is 24.5. The van der Waals surface area contributed by atoms with Crippen molar-refractivity contribution in [1.82, 2.24) is 14.8 Å². The summed E-state index contributed by atoms with van der Waals surface area (Å²) in [4.78, 5) is 12.5. The summed E-state index contributed by atoms with van der Waals surface area (Å²) in [5, 5.41) is 12.8. The van der Waals surface area contributed by atoms with Crippen LogP contribution in [0, 0.1) is 0 Å². The number of methoxy groups -OCH3 is 1. The molecule has 1 amide bonds. The summed E-state index contributed by atoms with van der Waals surface area (Å²) in [5.41, 5.74) is 2.42. The van der Waals surface area contributed by atoms with E-state index in [1.807, 2.05) is 59.2 Å². The number of nitrogens with zero attached hydrogens (tertiary/aromatic N) is 3. The predicted molar refractivity (Wildman–Crippen MR) is 124 cm³/mol. The van der Waals surface area contributed by atoms with Gasteiger partial charge in [-0.15, -0.1) is 10.2 Å². The zero-order valence-electron chi connectivity index (χ0n) is 16.7. The van der Waals surface area contributed by atoms with Crippen molar-refractivity contribution in [2.45, 2.75) is 5.16 Å². The monoisotopic (exact) mass is 450 g/mol. The van der Waals surface area contributed by atoms with Gasteiger partial charge in [0.15, 0.2) is 11.0 Å². The molecule has 0 spiro atoms. The fourth-order valence-corrected chi connectivity index (χ4v) is 3.96. The first-order valence-electron chi connectivity index (χ1n) is 9.47. The maximum Gasteiger partial charge on any atom is 0.234 e. The van der Waals surface area contributed by atoms with Gasteiger partial charge in [0.2, 0.25) is 5.91 Å². The number of carbonyl (C=O) groups excluding carboxylic acids is 1. The lowest BCUT2D eigenvalue weighted by atomic mass is 10.2. The molecule has 0 saturated carbocycles. The van der Waals surface area contributed by atoms with Crippen molar-refractivity contribution in [2.75, 3.05) is 18.2 Å². The summed E-state index contributed by atoms with van der Waals surface area (Å²) >= 11 is 7.30. The van der Waals surface area contributed by atoms with Gasteiger partial charge in [0, 0.05) is 22.0 Å². The maximum absolute atomic E-state index is 12.5. The Balaban J connectivity index is 1.60. The Labute approximate surface area is 189 Å². The molecule has 8 heteroatoms. The Kier molecular flexibility index (Phi) is 6.54. The lowest BCUT2D eigenvalue weighted by molar-refractivity contribution is -0.113. The number of hydrogen-bond acceptors (Lipinski definition) is 5. The molecule has 0 bridgehead atoms. The maximum atomic E-state index is 12.5. The molecule has 0 radical (unpaired) electrons. The first-order valence-corrected chi connectivity index (χ1v) is 10.8. The summed E-state index contributed by atoms with van der Waals surface area (Å²) in [5.74, 6) is 1.42.